The zero-order valence-corrected chi connectivity index (χ0v) is 13.8. The topological polar surface area (TPSA) is 80.6 Å². The van der Waals surface area contributed by atoms with Gasteiger partial charge in [-0.1, -0.05) is 19.1 Å². The summed E-state index contributed by atoms with van der Waals surface area (Å²) in [4.78, 5) is 38.2. The Balaban J connectivity index is 1.82. The average Bonchev–Trinajstić information content (AvgIpc) is 3.02. The minimum absolute atomic E-state index is 0.0965. The van der Waals surface area contributed by atoms with Crippen molar-refractivity contribution in [3.63, 3.8) is 0 Å². The van der Waals surface area contributed by atoms with Crippen LogP contribution in [0.2, 0.25) is 0 Å². The lowest BCUT2D eigenvalue weighted by Gasteiger charge is -2.05. The molecule has 0 aliphatic rings. The number of aryl methyl sites for hydroxylation is 1. The van der Waals surface area contributed by atoms with Crippen LogP contribution in [0.25, 0.3) is 21.3 Å². The molecule has 0 atom stereocenters. The lowest BCUT2D eigenvalue weighted by atomic mass is 10.3. The highest BCUT2D eigenvalue weighted by Gasteiger charge is 2.11. The molecule has 4 aromatic rings. The van der Waals surface area contributed by atoms with Gasteiger partial charge in [-0.15, -0.1) is 11.3 Å². The van der Waals surface area contributed by atoms with Crippen LogP contribution in [-0.4, -0.2) is 19.5 Å². The van der Waals surface area contributed by atoms with Gasteiger partial charge in [0.1, 0.15) is 10.5 Å². The van der Waals surface area contributed by atoms with Crippen molar-refractivity contribution in [2.45, 2.75) is 19.9 Å². The highest BCUT2D eigenvalue weighted by atomic mass is 32.1. The molecule has 0 saturated carbocycles. The average molecular weight is 338 g/mol. The molecule has 0 radical (unpaired) electrons. The van der Waals surface area contributed by atoms with Gasteiger partial charge in [-0.05, 0) is 24.6 Å². The van der Waals surface area contributed by atoms with Crippen molar-refractivity contribution in [2.24, 2.45) is 0 Å². The van der Waals surface area contributed by atoms with Crippen molar-refractivity contribution in [3.8, 4) is 0 Å². The van der Waals surface area contributed by atoms with Crippen molar-refractivity contribution in [1.29, 1.82) is 0 Å². The molecule has 1 N–H and O–H groups in total. The Kier molecular flexibility index (Phi) is 3.50. The van der Waals surface area contributed by atoms with Crippen LogP contribution in [-0.2, 0) is 13.0 Å². The van der Waals surface area contributed by atoms with Gasteiger partial charge >= 0.3 is 0 Å². The third-order valence-corrected chi connectivity index (χ3v) is 5.09. The molecule has 3 aromatic heterocycles. The number of hydrogen-bond acceptors (Lipinski definition) is 5. The molecule has 120 valence electrons. The van der Waals surface area contributed by atoms with Crippen molar-refractivity contribution < 1.29 is 0 Å². The zero-order valence-electron chi connectivity index (χ0n) is 12.9. The van der Waals surface area contributed by atoms with Crippen LogP contribution in [0.15, 0.2) is 46.2 Å². The van der Waals surface area contributed by atoms with Gasteiger partial charge in [0.05, 0.1) is 29.3 Å². The minimum Gasteiger partial charge on any atom is -0.319 e. The Labute approximate surface area is 140 Å². The van der Waals surface area contributed by atoms with Crippen molar-refractivity contribution >= 4 is 32.6 Å². The molecule has 0 spiro atoms. The highest BCUT2D eigenvalue weighted by Crippen LogP contribution is 2.21. The van der Waals surface area contributed by atoms with Gasteiger partial charge in [0.2, 0.25) is 0 Å². The maximum atomic E-state index is 12.6. The van der Waals surface area contributed by atoms with Crippen LogP contribution >= 0.6 is 11.3 Å². The largest absolute Gasteiger partial charge is 0.319 e. The third kappa shape index (κ3) is 2.43. The van der Waals surface area contributed by atoms with Gasteiger partial charge < -0.3 is 4.98 Å². The van der Waals surface area contributed by atoms with Crippen molar-refractivity contribution in [2.75, 3.05) is 0 Å². The normalized spacial score (nSPS) is 11.4. The maximum Gasteiger partial charge on any atom is 0.272 e. The van der Waals surface area contributed by atoms with E-state index < -0.39 is 0 Å². The lowest BCUT2D eigenvalue weighted by molar-refractivity contribution is 0.724. The number of nitrogens with one attached hydrogen (secondary N) is 1. The van der Waals surface area contributed by atoms with Crippen molar-refractivity contribution in [3.05, 3.63) is 67.9 Å². The van der Waals surface area contributed by atoms with E-state index in [0.717, 1.165) is 16.1 Å². The van der Waals surface area contributed by atoms with E-state index >= 15 is 0 Å². The van der Waals surface area contributed by atoms with Gasteiger partial charge in [0.25, 0.3) is 11.1 Å². The fourth-order valence-corrected chi connectivity index (χ4v) is 3.56. The number of benzene rings is 1. The number of rotatable bonds is 3. The number of thiophene rings is 1. The van der Waals surface area contributed by atoms with Crippen LogP contribution in [0.3, 0.4) is 0 Å². The van der Waals surface area contributed by atoms with E-state index in [9.17, 15) is 9.59 Å². The molecule has 0 unspecified atom stereocenters. The molecule has 3 heterocycles. The summed E-state index contributed by atoms with van der Waals surface area (Å²) in [6.07, 6.45) is 2.35. The predicted octanol–water partition coefficient (Wildman–Crippen LogP) is 2.31. The predicted molar refractivity (Wildman–Crippen MR) is 94.7 cm³/mol. The molecular weight excluding hydrogens is 324 g/mol. The summed E-state index contributed by atoms with van der Waals surface area (Å²) in [5.74, 6) is 0. The quantitative estimate of drug-likeness (QED) is 0.621. The van der Waals surface area contributed by atoms with E-state index in [1.807, 2.05) is 31.2 Å². The summed E-state index contributed by atoms with van der Waals surface area (Å²) in [6, 6.07) is 9.19. The number of aromatic amines is 1. The number of para-hydroxylation sites is 2. The molecule has 0 fully saturated rings. The summed E-state index contributed by atoms with van der Waals surface area (Å²) < 4.78 is 1.43. The molecule has 0 saturated heterocycles. The zero-order chi connectivity index (χ0) is 16.7. The number of fused-ring (bicyclic) bond motifs is 2. The van der Waals surface area contributed by atoms with E-state index in [-0.39, 0.29) is 17.7 Å². The molecule has 4 rings (SSSR count). The summed E-state index contributed by atoms with van der Waals surface area (Å²) in [5.41, 5.74) is 1.23. The summed E-state index contributed by atoms with van der Waals surface area (Å²) in [5, 5.41) is 0.594. The summed E-state index contributed by atoms with van der Waals surface area (Å²) >= 11 is 1.52. The molecule has 7 heteroatoms. The molecule has 0 aliphatic carbocycles. The number of nitrogens with zero attached hydrogens (tertiary/aromatic N) is 3. The van der Waals surface area contributed by atoms with Crippen LogP contribution in [0.5, 0.6) is 0 Å². The fourth-order valence-electron chi connectivity index (χ4n) is 2.63. The van der Waals surface area contributed by atoms with Gasteiger partial charge in [0, 0.05) is 4.88 Å². The van der Waals surface area contributed by atoms with Gasteiger partial charge in [0.15, 0.2) is 0 Å². The van der Waals surface area contributed by atoms with E-state index in [0.29, 0.717) is 22.1 Å². The second-order valence-electron chi connectivity index (χ2n) is 5.49. The van der Waals surface area contributed by atoms with Gasteiger partial charge in [-0.25, -0.2) is 9.97 Å². The second kappa shape index (κ2) is 5.68. The molecular formula is C17H14N4O2S. The summed E-state index contributed by atoms with van der Waals surface area (Å²) in [6.45, 7) is 2.14. The Morgan fingerprint density at radius 2 is 2.08 bits per heavy atom. The fraction of sp³-hybridized carbons (Fsp3) is 0.176. The highest BCUT2D eigenvalue weighted by molar-refractivity contribution is 7.18. The Morgan fingerprint density at radius 1 is 1.25 bits per heavy atom. The van der Waals surface area contributed by atoms with Crippen LogP contribution in [0.1, 0.15) is 17.5 Å². The maximum absolute atomic E-state index is 12.6. The van der Waals surface area contributed by atoms with E-state index in [1.54, 1.807) is 6.07 Å². The third-order valence-electron chi connectivity index (χ3n) is 3.91. The monoisotopic (exact) mass is 338 g/mol. The number of aromatic nitrogens is 4. The number of hydrogen-bond donors (Lipinski definition) is 1. The van der Waals surface area contributed by atoms with E-state index in [4.69, 9.17) is 0 Å². The number of H-pyrrole nitrogens is 1. The second-order valence-corrected chi connectivity index (χ2v) is 6.61. The van der Waals surface area contributed by atoms with Crippen molar-refractivity contribution in [1.82, 2.24) is 19.5 Å². The van der Waals surface area contributed by atoms with Crippen LogP contribution < -0.4 is 11.1 Å². The SMILES string of the molecule is CCc1cc2c(=O)n(Cc3nc4ccccc4[nH]c3=O)cnc2s1. The van der Waals surface area contributed by atoms with Crippen LogP contribution in [0.4, 0.5) is 0 Å². The van der Waals surface area contributed by atoms with Gasteiger partial charge in [-0.2, -0.15) is 0 Å². The van der Waals surface area contributed by atoms with E-state index in [2.05, 4.69) is 15.0 Å². The standard InChI is InChI=1S/C17H14N4O2S/c1-2-10-7-11-16(24-10)18-9-21(17(11)23)8-14-15(22)20-13-6-4-3-5-12(13)19-14/h3-7,9H,2,8H2,1H3,(H,20,22). The van der Waals surface area contributed by atoms with Crippen LogP contribution in [0, 0.1) is 0 Å². The molecule has 0 aliphatic heterocycles. The Bertz CT molecular complexity index is 1170. The lowest BCUT2D eigenvalue weighted by Crippen LogP contribution is -2.25. The Morgan fingerprint density at radius 3 is 2.92 bits per heavy atom. The van der Waals surface area contributed by atoms with E-state index in [1.165, 1.54) is 22.2 Å². The molecule has 0 amide bonds. The first-order valence-electron chi connectivity index (χ1n) is 7.61. The smallest absolute Gasteiger partial charge is 0.272 e. The first kappa shape index (κ1) is 14.8. The first-order valence-corrected chi connectivity index (χ1v) is 8.43. The Hall–Kier alpha value is -2.80. The molecule has 1 aromatic carbocycles. The first-order chi connectivity index (χ1) is 11.7. The minimum atomic E-state index is -0.291. The summed E-state index contributed by atoms with van der Waals surface area (Å²) in [7, 11) is 0. The molecule has 0 bridgehead atoms. The van der Waals surface area contributed by atoms with Gasteiger partial charge in [-0.3, -0.25) is 14.2 Å². The molecule has 24 heavy (non-hydrogen) atoms. The molecule has 6 nitrogen and oxygen atoms in total.